The number of piperazine rings is 1. The van der Waals surface area contributed by atoms with Crippen molar-refractivity contribution in [3.63, 3.8) is 0 Å². The van der Waals surface area contributed by atoms with E-state index in [2.05, 4.69) is 23.7 Å². The van der Waals surface area contributed by atoms with Crippen LogP contribution in [0.5, 0.6) is 0 Å². The number of pyridine rings is 1. The summed E-state index contributed by atoms with van der Waals surface area (Å²) >= 11 is 5.91. The van der Waals surface area contributed by atoms with Crippen molar-refractivity contribution in [1.29, 1.82) is 0 Å². The van der Waals surface area contributed by atoms with Gasteiger partial charge < -0.3 is 19.8 Å². The minimum atomic E-state index is -0.898. The lowest BCUT2D eigenvalue weighted by atomic mass is 9.97. The lowest BCUT2D eigenvalue weighted by molar-refractivity contribution is -0.136. The SMILES string of the molecule is CC1(C)CN(c2ccc(CC(=O)O)cn2)CCN1C(=O)c1cc2n(n1)C(C)(C)CCN2c1ccc(Cl)c(F)c1. The molecule has 1 amide bonds. The van der Waals surface area contributed by atoms with Crippen LogP contribution in [0.2, 0.25) is 5.02 Å². The summed E-state index contributed by atoms with van der Waals surface area (Å²) in [6, 6.07) is 10.1. The van der Waals surface area contributed by atoms with Crippen molar-refractivity contribution < 1.29 is 19.1 Å². The van der Waals surface area contributed by atoms with Gasteiger partial charge in [-0.2, -0.15) is 5.10 Å². The van der Waals surface area contributed by atoms with Crippen molar-refractivity contribution >= 4 is 40.8 Å². The fourth-order valence-electron chi connectivity index (χ4n) is 5.38. The highest BCUT2D eigenvalue weighted by molar-refractivity contribution is 6.30. The van der Waals surface area contributed by atoms with Crippen LogP contribution >= 0.6 is 11.6 Å². The van der Waals surface area contributed by atoms with Gasteiger partial charge in [0.25, 0.3) is 5.91 Å². The van der Waals surface area contributed by atoms with Crippen LogP contribution in [0, 0.1) is 5.82 Å². The molecule has 2 aliphatic heterocycles. The molecule has 9 nitrogen and oxygen atoms in total. The Morgan fingerprint density at radius 2 is 1.82 bits per heavy atom. The minimum Gasteiger partial charge on any atom is -0.481 e. The van der Waals surface area contributed by atoms with E-state index in [4.69, 9.17) is 21.8 Å². The summed E-state index contributed by atoms with van der Waals surface area (Å²) in [5.41, 5.74) is 0.805. The molecule has 1 N–H and O–H groups in total. The quantitative estimate of drug-likeness (QED) is 0.488. The number of fused-ring (bicyclic) bond motifs is 1. The maximum Gasteiger partial charge on any atom is 0.307 e. The van der Waals surface area contributed by atoms with E-state index in [0.29, 0.717) is 43.1 Å². The Bertz CT molecular complexity index is 1420. The van der Waals surface area contributed by atoms with Crippen LogP contribution in [0.25, 0.3) is 0 Å². The molecule has 4 heterocycles. The van der Waals surface area contributed by atoms with Crippen LogP contribution in [0.3, 0.4) is 0 Å². The van der Waals surface area contributed by atoms with E-state index < -0.39 is 17.3 Å². The Labute approximate surface area is 231 Å². The number of carboxylic acids is 1. The molecule has 11 heteroatoms. The van der Waals surface area contributed by atoms with E-state index in [9.17, 15) is 14.0 Å². The molecule has 0 spiro atoms. The van der Waals surface area contributed by atoms with E-state index in [1.54, 1.807) is 24.4 Å². The zero-order valence-corrected chi connectivity index (χ0v) is 23.2. The molecule has 206 valence electrons. The average Bonchev–Trinajstić information content (AvgIpc) is 3.32. The number of rotatable bonds is 5. The Balaban J connectivity index is 1.38. The largest absolute Gasteiger partial charge is 0.481 e. The van der Waals surface area contributed by atoms with Crippen LogP contribution in [-0.4, -0.2) is 68.4 Å². The van der Waals surface area contributed by atoms with Gasteiger partial charge in [0.1, 0.15) is 17.5 Å². The van der Waals surface area contributed by atoms with Gasteiger partial charge in [0.05, 0.1) is 22.5 Å². The summed E-state index contributed by atoms with van der Waals surface area (Å²) in [6.07, 6.45) is 2.28. The summed E-state index contributed by atoms with van der Waals surface area (Å²) < 4.78 is 16.1. The second kappa shape index (κ2) is 9.82. The molecule has 2 aliphatic rings. The molecular weight excluding hydrogens is 523 g/mol. The van der Waals surface area contributed by atoms with Crippen LogP contribution in [0.4, 0.5) is 21.7 Å². The molecule has 39 heavy (non-hydrogen) atoms. The third-order valence-electron chi connectivity index (χ3n) is 7.56. The standard InChI is InChI=1S/C28H32ClFN6O3/c1-27(2)9-10-34(19-6-7-20(29)21(30)14-19)24-15-22(32-36(24)27)26(39)35-12-11-33(17-28(35,3)4)23-8-5-18(16-31-23)13-25(37)38/h5-8,14-16H,9-13,17H2,1-4H3,(H,37,38). The molecular formula is C28H32ClFN6O3. The maximum atomic E-state index is 14.3. The van der Waals surface area contributed by atoms with Crippen molar-refractivity contribution in [2.45, 2.75) is 51.6 Å². The molecule has 0 atom stereocenters. The van der Waals surface area contributed by atoms with Gasteiger partial charge in [0.2, 0.25) is 0 Å². The topological polar surface area (TPSA) is 94.8 Å². The average molecular weight is 555 g/mol. The molecule has 2 aromatic heterocycles. The van der Waals surface area contributed by atoms with Gasteiger partial charge in [-0.25, -0.2) is 14.1 Å². The van der Waals surface area contributed by atoms with Gasteiger partial charge in [-0.1, -0.05) is 17.7 Å². The maximum absolute atomic E-state index is 14.3. The Kier molecular flexibility index (Phi) is 6.78. The first-order valence-corrected chi connectivity index (χ1v) is 13.3. The number of carboxylic acid groups (broad SMARTS) is 1. The van der Waals surface area contributed by atoms with Gasteiger partial charge in [0.15, 0.2) is 5.69 Å². The van der Waals surface area contributed by atoms with Gasteiger partial charge in [-0.3, -0.25) is 9.59 Å². The van der Waals surface area contributed by atoms with Gasteiger partial charge in [0, 0.05) is 44.1 Å². The van der Waals surface area contributed by atoms with E-state index in [0.717, 1.165) is 18.1 Å². The third-order valence-corrected chi connectivity index (χ3v) is 7.86. The Morgan fingerprint density at radius 3 is 2.46 bits per heavy atom. The van der Waals surface area contributed by atoms with Gasteiger partial charge >= 0.3 is 5.97 Å². The molecule has 1 saturated heterocycles. The van der Waals surface area contributed by atoms with Gasteiger partial charge in [-0.15, -0.1) is 0 Å². The van der Waals surface area contributed by atoms with E-state index in [1.807, 2.05) is 34.4 Å². The molecule has 5 rings (SSSR count). The molecule has 0 radical (unpaired) electrons. The second-order valence-electron chi connectivity index (χ2n) is 11.4. The van der Waals surface area contributed by atoms with Crippen molar-refractivity contribution in [2.75, 3.05) is 36.0 Å². The Morgan fingerprint density at radius 1 is 1.05 bits per heavy atom. The summed E-state index contributed by atoms with van der Waals surface area (Å²) in [7, 11) is 0. The second-order valence-corrected chi connectivity index (χ2v) is 11.8. The molecule has 0 unspecified atom stereocenters. The number of carbonyl (C=O) groups is 2. The fourth-order valence-corrected chi connectivity index (χ4v) is 5.50. The van der Waals surface area contributed by atoms with Crippen LogP contribution in [0.1, 0.15) is 50.2 Å². The lowest BCUT2D eigenvalue weighted by Crippen LogP contribution is -2.61. The van der Waals surface area contributed by atoms with Gasteiger partial charge in [-0.05, 0) is 63.9 Å². The Hall–Kier alpha value is -3.66. The number of amides is 1. The monoisotopic (exact) mass is 554 g/mol. The number of carbonyl (C=O) groups excluding carboxylic acids is 1. The predicted molar refractivity (Wildman–Crippen MR) is 147 cm³/mol. The summed E-state index contributed by atoms with van der Waals surface area (Å²) in [4.78, 5) is 35.2. The zero-order valence-electron chi connectivity index (χ0n) is 22.5. The number of hydrogen-bond donors (Lipinski definition) is 1. The van der Waals surface area contributed by atoms with Crippen molar-refractivity contribution in [3.8, 4) is 0 Å². The summed E-state index contributed by atoms with van der Waals surface area (Å²) in [6.45, 7) is 10.4. The third kappa shape index (κ3) is 5.17. The number of benzene rings is 1. The van der Waals surface area contributed by atoms with Crippen molar-refractivity contribution in [3.05, 3.63) is 64.7 Å². The molecule has 1 aromatic carbocycles. The highest BCUT2D eigenvalue weighted by Crippen LogP contribution is 2.39. The number of halogens is 2. The minimum absolute atomic E-state index is 0.0632. The van der Waals surface area contributed by atoms with Crippen LogP contribution in [0.15, 0.2) is 42.6 Å². The number of nitrogens with zero attached hydrogens (tertiary/aromatic N) is 6. The van der Waals surface area contributed by atoms with E-state index in [-0.39, 0.29) is 22.9 Å². The number of aromatic nitrogens is 3. The normalized spacial score (nSPS) is 18.2. The number of hydrogen-bond acceptors (Lipinski definition) is 6. The van der Waals surface area contributed by atoms with E-state index >= 15 is 0 Å². The van der Waals surface area contributed by atoms with Crippen LogP contribution in [-0.2, 0) is 16.8 Å². The lowest BCUT2D eigenvalue weighted by Gasteiger charge is -2.47. The summed E-state index contributed by atoms with van der Waals surface area (Å²) in [5.74, 6) is -0.0743. The molecule has 0 saturated carbocycles. The zero-order chi connectivity index (χ0) is 28.1. The first-order chi connectivity index (χ1) is 18.4. The van der Waals surface area contributed by atoms with E-state index in [1.165, 1.54) is 12.1 Å². The molecule has 3 aromatic rings. The molecule has 1 fully saturated rings. The molecule has 0 bridgehead atoms. The number of anilines is 3. The smallest absolute Gasteiger partial charge is 0.307 e. The van der Waals surface area contributed by atoms with Crippen molar-refractivity contribution in [1.82, 2.24) is 19.7 Å². The summed E-state index contributed by atoms with van der Waals surface area (Å²) in [5, 5.41) is 13.8. The fraction of sp³-hybridized carbons (Fsp3) is 0.429. The first-order valence-electron chi connectivity index (χ1n) is 12.9. The predicted octanol–water partition coefficient (Wildman–Crippen LogP) is 4.72. The van der Waals surface area contributed by atoms with Crippen molar-refractivity contribution in [2.24, 2.45) is 0 Å². The first kappa shape index (κ1) is 26.9. The van der Waals surface area contributed by atoms with Crippen LogP contribution < -0.4 is 9.80 Å². The highest BCUT2D eigenvalue weighted by Gasteiger charge is 2.40. The number of aliphatic carboxylic acids is 1. The highest BCUT2D eigenvalue weighted by atomic mass is 35.5. The molecule has 0 aliphatic carbocycles.